The van der Waals surface area contributed by atoms with E-state index in [4.69, 9.17) is 9.47 Å². The van der Waals surface area contributed by atoms with Crippen molar-refractivity contribution in [3.05, 3.63) is 0 Å². The molecule has 1 atom stereocenters. The molecule has 0 N–H and O–H groups in total. The minimum absolute atomic E-state index is 0.145. The van der Waals surface area contributed by atoms with E-state index in [0.717, 1.165) is 13.1 Å². The minimum Gasteiger partial charge on any atom is -0.379 e. The molecule has 2 aliphatic rings. The lowest BCUT2D eigenvalue weighted by molar-refractivity contribution is -0.160. The topological polar surface area (TPSA) is 52.9 Å². The molecular formula is C8H13N2O3. The van der Waals surface area contributed by atoms with Crippen LogP contribution in [0.4, 0.5) is 0 Å². The fourth-order valence-corrected chi connectivity index (χ4v) is 1.54. The van der Waals surface area contributed by atoms with E-state index in [1.807, 2.05) is 4.90 Å². The summed E-state index contributed by atoms with van der Waals surface area (Å²) in [4.78, 5) is 13.3. The summed E-state index contributed by atoms with van der Waals surface area (Å²) >= 11 is 0. The van der Waals surface area contributed by atoms with Gasteiger partial charge in [-0.1, -0.05) is 0 Å². The zero-order chi connectivity index (χ0) is 9.10. The zero-order valence-electron chi connectivity index (χ0n) is 7.44. The summed E-state index contributed by atoms with van der Waals surface area (Å²) < 4.78 is 10.5. The fraction of sp³-hybridized carbons (Fsp3) is 0.875. The van der Waals surface area contributed by atoms with Crippen LogP contribution < -0.4 is 5.32 Å². The van der Waals surface area contributed by atoms with Gasteiger partial charge in [0.15, 0.2) is 6.23 Å². The SMILES string of the molecule is O=C1[N]CCOC1N1CCOCC1. The molecule has 5 heteroatoms. The molecule has 2 saturated heterocycles. The number of carbonyl (C=O) groups excluding carboxylic acids is 1. The molecule has 0 saturated carbocycles. The zero-order valence-corrected chi connectivity index (χ0v) is 7.44. The first-order valence-corrected chi connectivity index (χ1v) is 4.53. The lowest BCUT2D eigenvalue weighted by atomic mass is 10.3. The molecule has 0 bridgehead atoms. The van der Waals surface area contributed by atoms with E-state index in [1.54, 1.807) is 0 Å². The number of nitrogens with zero attached hydrogens (tertiary/aromatic N) is 2. The van der Waals surface area contributed by atoms with Gasteiger partial charge in [-0.2, -0.15) is 0 Å². The first-order valence-electron chi connectivity index (χ1n) is 4.53. The highest BCUT2D eigenvalue weighted by Gasteiger charge is 2.31. The molecule has 0 aromatic rings. The summed E-state index contributed by atoms with van der Waals surface area (Å²) in [7, 11) is 0. The van der Waals surface area contributed by atoms with Crippen LogP contribution in [0.2, 0.25) is 0 Å². The second kappa shape index (κ2) is 4.04. The minimum atomic E-state index is -0.447. The maximum absolute atomic E-state index is 11.3. The van der Waals surface area contributed by atoms with Gasteiger partial charge < -0.3 is 9.47 Å². The van der Waals surface area contributed by atoms with Gasteiger partial charge in [-0.05, 0) is 0 Å². The summed E-state index contributed by atoms with van der Waals surface area (Å²) in [6, 6.07) is 0. The molecule has 0 aromatic heterocycles. The van der Waals surface area contributed by atoms with Gasteiger partial charge in [0.05, 0.1) is 26.4 Å². The fourth-order valence-electron chi connectivity index (χ4n) is 1.54. The first kappa shape index (κ1) is 8.93. The van der Waals surface area contributed by atoms with Gasteiger partial charge in [0.25, 0.3) is 5.91 Å². The third-order valence-electron chi connectivity index (χ3n) is 2.22. The van der Waals surface area contributed by atoms with Crippen LogP contribution in [0.3, 0.4) is 0 Å². The van der Waals surface area contributed by atoms with Gasteiger partial charge >= 0.3 is 0 Å². The summed E-state index contributed by atoms with van der Waals surface area (Å²) in [5.41, 5.74) is 0. The van der Waals surface area contributed by atoms with E-state index in [9.17, 15) is 4.79 Å². The Morgan fingerprint density at radius 3 is 2.77 bits per heavy atom. The molecule has 0 aliphatic carbocycles. The highest BCUT2D eigenvalue weighted by molar-refractivity contribution is 5.80. The third kappa shape index (κ3) is 1.99. The number of carbonyl (C=O) groups is 1. The molecule has 0 spiro atoms. The van der Waals surface area contributed by atoms with Gasteiger partial charge in [0.1, 0.15) is 0 Å². The van der Waals surface area contributed by atoms with Crippen LogP contribution in [-0.2, 0) is 14.3 Å². The quantitative estimate of drug-likeness (QED) is 0.515. The van der Waals surface area contributed by atoms with Gasteiger partial charge in [0, 0.05) is 13.1 Å². The second-order valence-corrected chi connectivity index (χ2v) is 3.09. The van der Waals surface area contributed by atoms with Crippen molar-refractivity contribution in [2.45, 2.75) is 6.23 Å². The molecule has 73 valence electrons. The number of morpholine rings is 2. The molecule has 13 heavy (non-hydrogen) atoms. The Morgan fingerprint density at radius 2 is 2.08 bits per heavy atom. The summed E-state index contributed by atoms with van der Waals surface area (Å²) in [5.74, 6) is -0.145. The lowest BCUT2D eigenvalue weighted by Gasteiger charge is -2.34. The van der Waals surface area contributed by atoms with Crippen molar-refractivity contribution in [1.82, 2.24) is 10.2 Å². The predicted octanol–water partition coefficient (Wildman–Crippen LogP) is -1.19. The van der Waals surface area contributed by atoms with E-state index in [-0.39, 0.29) is 5.91 Å². The van der Waals surface area contributed by atoms with Crippen molar-refractivity contribution in [2.24, 2.45) is 0 Å². The van der Waals surface area contributed by atoms with Crippen molar-refractivity contribution in [2.75, 3.05) is 39.5 Å². The normalized spacial score (nSPS) is 31.4. The largest absolute Gasteiger partial charge is 0.379 e. The molecule has 0 aromatic carbocycles. The summed E-state index contributed by atoms with van der Waals surface area (Å²) in [5, 5.41) is 3.84. The van der Waals surface area contributed by atoms with Crippen LogP contribution in [0, 0.1) is 0 Å². The Bertz CT molecular complexity index is 192. The van der Waals surface area contributed by atoms with E-state index in [0.29, 0.717) is 26.4 Å². The summed E-state index contributed by atoms with van der Waals surface area (Å²) in [6.07, 6.45) is -0.447. The first-order chi connectivity index (χ1) is 6.38. The monoisotopic (exact) mass is 185 g/mol. The van der Waals surface area contributed by atoms with Gasteiger partial charge in [-0.15, -0.1) is 0 Å². The molecule has 1 radical (unpaired) electrons. The molecule has 2 rings (SSSR count). The van der Waals surface area contributed by atoms with Gasteiger partial charge in [0.2, 0.25) is 0 Å². The van der Waals surface area contributed by atoms with Crippen LogP contribution in [0.1, 0.15) is 0 Å². The lowest BCUT2D eigenvalue weighted by Crippen LogP contribution is -2.54. The number of amides is 1. The Labute approximate surface area is 77.0 Å². The molecular weight excluding hydrogens is 172 g/mol. The molecule has 1 unspecified atom stereocenters. The third-order valence-corrected chi connectivity index (χ3v) is 2.22. The predicted molar refractivity (Wildman–Crippen MR) is 44.1 cm³/mol. The van der Waals surface area contributed by atoms with Crippen molar-refractivity contribution in [1.29, 1.82) is 0 Å². The number of rotatable bonds is 1. The molecule has 1 amide bonds. The van der Waals surface area contributed by atoms with Crippen LogP contribution in [0.5, 0.6) is 0 Å². The highest BCUT2D eigenvalue weighted by Crippen LogP contribution is 2.08. The molecule has 2 heterocycles. The van der Waals surface area contributed by atoms with Gasteiger partial charge in [-0.3, -0.25) is 9.69 Å². The van der Waals surface area contributed by atoms with Crippen LogP contribution in [0.15, 0.2) is 0 Å². The molecule has 5 nitrogen and oxygen atoms in total. The van der Waals surface area contributed by atoms with Crippen molar-refractivity contribution < 1.29 is 14.3 Å². The highest BCUT2D eigenvalue weighted by atomic mass is 16.5. The average molecular weight is 185 g/mol. The van der Waals surface area contributed by atoms with Crippen molar-refractivity contribution >= 4 is 5.91 Å². The Morgan fingerprint density at radius 1 is 1.31 bits per heavy atom. The van der Waals surface area contributed by atoms with E-state index < -0.39 is 6.23 Å². The van der Waals surface area contributed by atoms with Crippen LogP contribution in [-0.4, -0.2) is 56.5 Å². The second-order valence-electron chi connectivity index (χ2n) is 3.09. The number of hydrogen-bond donors (Lipinski definition) is 0. The van der Waals surface area contributed by atoms with Crippen LogP contribution >= 0.6 is 0 Å². The van der Waals surface area contributed by atoms with Crippen LogP contribution in [0.25, 0.3) is 0 Å². The molecule has 2 fully saturated rings. The maximum atomic E-state index is 11.3. The Kier molecular flexibility index (Phi) is 2.77. The van der Waals surface area contributed by atoms with Crippen molar-refractivity contribution in [3.63, 3.8) is 0 Å². The van der Waals surface area contributed by atoms with Gasteiger partial charge in [-0.25, -0.2) is 5.32 Å². The number of ether oxygens (including phenoxy) is 2. The molecule has 2 aliphatic heterocycles. The number of hydrogen-bond acceptors (Lipinski definition) is 4. The smallest absolute Gasteiger partial charge is 0.285 e. The maximum Gasteiger partial charge on any atom is 0.285 e. The average Bonchev–Trinajstić information content (AvgIpc) is 2.20. The van der Waals surface area contributed by atoms with E-state index in [1.165, 1.54) is 0 Å². The standard InChI is InChI=1S/C8H13N2O3/c11-7-8(13-4-1-9-7)10-2-5-12-6-3-10/h8H,1-6H2. The Hall–Kier alpha value is -0.650. The van der Waals surface area contributed by atoms with E-state index in [2.05, 4.69) is 5.32 Å². The Balaban J connectivity index is 1.92. The summed E-state index contributed by atoms with van der Waals surface area (Å²) in [6.45, 7) is 3.91. The van der Waals surface area contributed by atoms with Crippen molar-refractivity contribution in [3.8, 4) is 0 Å². The van der Waals surface area contributed by atoms with E-state index >= 15 is 0 Å².